The number of amides is 3. The van der Waals surface area contributed by atoms with Crippen molar-refractivity contribution in [2.24, 2.45) is 5.92 Å². The summed E-state index contributed by atoms with van der Waals surface area (Å²) in [6, 6.07) is 14.9. The van der Waals surface area contributed by atoms with Gasteiger partial charge in [0, 0.05) is 26.6 Å². The van der Waals surface area contributed by atoms with Crippen LogP contribution in [0.4, 0.5) is 0 Å². The summed E-state index contributed by atoms with van der Waals surface area (Å²) < 4.78 is 6.12. The number of aliphatic hydroxyl groups is 1. The molecule has 222 valence electrons. The average molecular weight is 565 g/mol. The first-order chi connectivity index (χ1) is 20.0. The lowest BCUT2D eigenvalue weighted by Crippen LogP contribution is -2.59. The molecule has 0 unspecified atom stereocenters. The molecule has 1 heterocycles. The first-order valence-electron chi connectivity index (χ1n) is 14.9. The van der Waals surface area contributed by atoms with E-state index in [9.17, 15) is 19.5 Å². The van der Waals surface area contributed by atoms with Crippen molar-refractivity contribution in [3.8, 4) is 5.75 Å². The summed E-state index contributed by atoms with van der Waals surface area (Å²) in [6.07, 6.45) is 6.84. The number of aryl methyl sites for hydroxylation is 1. The van der Waals surface area contributed by atoms with Gasteiger partial charge in [0.1, 0.15) is 24.4 Å². The van der Waals surface area contributed by atoms with Crippen LogP contribution in [0.3, 0.4) is 0 Å². The summed E-state index contributed by atoms with van der Waals surface area (Å²) in [7, 11) is 1.55. The van der Waals surface area contributed by atoms with Crippen molar-refractivity contribution in [1.82, 2.24) is 20.9 Å². The van der Waals surface area contributed by atoms with Crippen LogP contribution < -0.4 is 20.7 Å². The molecule has 4 N–H and O–H groups in total. The molecule has 9 nitrogen and oxygen atoms in total. The number of carbonyl (C=O) groups excluding carboxylic acids is 3. The number of nitrogens with one attached hydrogen (secondary N) is 3. The molecule has 0 spiro atoms. The van der Waals surface area contributed by atoms with Crippen LogP contribution in [0.25, 0.3) is 0 Å². The molecule has 41 heavy (non-hydrogen) atoms. The first-order valence-corrected chi connectivity index (χ1v) is 14.9. The van der Waals surface area contributed by atoms with Crippen molar-refractivity contribution in [2.45, 2.75) is 69.5 Å². The summed E-state index contributed by atoms with van der Waals surface area (Å²) in [5.41, 5.74) is 1.95. The largest absolute Gasteiger partial charge is 0.492 e. The Bertz CT molecular complexity index is 1140. The van der Waals surface area contributed by atoms with E-state index in [0.717, 1.165) is 55.4 Å². The second-order valence-electron chi connectivity index (χ2n) is 11.1. The molecule has 3 amide bonds. The Morgan fingerprint density at radius 1 is 0.902 bits per heavy atom. The van der Waals surface area contributed by atoms with Gasteiger partial charge in [-0.15, -0.1) is 0 Å². The van der Waals surface area contributed by atoms with Crippen LogP contribution >= 0.6 is 0 Å². The van der Waals surface area contributed by atoms with Crippen LogP contribution in [0.2, 0.25) is 0 Å². The Balaban J connectivity index is 1.59. The topological polar surface area (TPSA) is 120 Å². The minimum atomic E-state index is -1.12. The van der Waals surface area contributed by atoms with Gasteiger partial charge in [-0.3, -0.25) is 14.4 Å². The molecule has 2 aromatic rings. The lowest BCUT2D eigenvalue weighted by Gasteiger charge is -2.35. The Morgan fingerprint density at radius 2 is 1.63 bits per heavy atom. The molecule has 1 aliphatic heterocycles. The highest BCUT2D eigenvalue weighted by molar-refractivity contribution is 5.93. The molecule has 2 aromatic carbocycles. The molecule has 1 fully saturated rings. The second-order valence-corrected chi connectivity index (χ2v) is 11.1. The summed E-state index contributed by atoms with van der Waals surface area (Å²) in [5, 5.41) is 19.5. The normalized spacial score (nSPS) is 24.3. The van der Waals surface area contributed by atoms with E-state index in [0.29, 0.717) is 26.1 Å². The van der Waals surface area contributed by atoms with Crippen LogP contribution in [0, 0.1) is 5.92 Å². The highest BCUT2D eigenvalue weighted by Crippen LogP contribution is 2.28. The number of hydrogen-bond acceptors (Lipinski definition) is 6. The lowest BCUT2D eigenvalue weighted by molar-refractivity contribution is -0.144. The van der Waals surface area contributed by atoms with Gasteiger partial charge in [-0.1, -0.05) is 67.8 Å². The predicted octanol–water partition coefficient (Wildman–Crippen LogP) is 2.21. The van der Waals surface area contributed by atoms with E-state index >= 15 is 0 Å². The number of rotatable bonds is 4. The van der Waals surface area contributed by atoms with Crippen molar-refractivity contribution < 1.29 is 24.2 Å². The van der Waals surface area contributed by atoms with Crippen molar-refractivity contribution in [1.29, 1.82) is 0 Å². The fraction of sp³-hybridized carbons (Fsp3) is 0.531. The maximum Gasteiger partial charge on any atom is 0.245 e. The van der Waals surface area contributed by atoms with Crippen LogP contribution in [-0.4, -0.2) is 79.2 Å². The van der Waals surface area contributed by atoms with Crippen molar-refractivity contribution in [3.63, 3.8) is 0 Å². The quantitative estimate of drug-likeness (QED) is 0.452. The summed E-state index contributed by atoms with van der Waals surface area (Å²) in [4.78, 5) is 41.9. The van der Waals surface area contributed by atoms with Crippen LogP contribution in [0.1, 0.15) is 49.7 Å². The molecule has 0 aromatic heterocycles. The third-order valence-electron chi connectivity index (χ3n) is 8.21. The van der Waals surface area contributed by atoms with Gasteiger partial charge in [0.2, 0.25) is 17.7 Å². The molecule has 0 radical (unpaired) electrons. The zero-order valence-corrected chi connectivity index (χ0v) is 24.0. The van der Waals surface area contributed by atoms with Crippen molar-refractivity contribution >= 4 is 17.7 Å². The maximum atomic E-state index is 13.8. The summed E-state index contributed by atoms with van der Waals surface area (Å²) in [5.74, 6) is -0.165. The SMILES string of the molecule is CN1C(=O)[C@H](C2CCCCC2)NCCOc2ccccc2CCCNC(=O)[C@@H](Cc2ccccc2)NC(=O)[C@@H]1CO. The van der Waals surface area contributed by atoms with Crippen LogP contribution in [0.5, 0.6) is 5.75 Å². The first kappa shape index (κ1) is 30.5. The third kappa shape index (κ3) is 8.53. The van der Waals surface area contributed by atoms with Crippen molar-refractivity contribution in [2.75, 3.05) is 33.4 Å². The summed E-state index contributed by atoms with van der Waals surface area (Å²) in [6.45, 7) is 0.741. The molecule has 0 saturated heterocycles. The molecule has 2 aliphatic rings. The number of carbonyl (C=O) groups is 3. The van der Waals surface area contributed by atoms with E-state index in [1.165, 1.54) is 4.90 Å². The van der Waals surface area contributed by atoms with E-state index in [2.05, 4.69) is 16.0 Å². The van der Waals surface area contributed by atoms with Gasteiger partial charge < -0.3 is 30.7 Å². The number of hydrogen-bond donors (Lipinski definition) is 4. The average Bonchev–Trinajstić information content (AvgIpc) is 3.00. The number of nitrogens with zero attached hydrogens (tertiary/aromatic N) is 1. The zero-order chi connectivity index (χ0) is 29.0. The standard InChI is InChI=1S/C32H44N4O5/c1-36-27(22-37)31(39)35-26(21-23-11-4-2-5-12-23)30(38)34-18-10-16-24-13-8-9-17-28(24)41-20-19-33-29(32(36)40)25-14-6-3-7-15-25/h2,4-5,8-9,11-13,17,25-27,29,33,37H,3,6-7,10,14-16,18-22H2,1H3,(H,34,38)(H,35,39)/t26-,27+,29+/m1/s1. The molecule has 4 rings (SSSR count). The van der Waals surface area contributed by atoms with Gasteiger partial charge in [0.05, 0.1) is 12.6 Å². The van der Waals surface area contributed by atoms with E-state index in [1.807, 2.05) is 54.6 Å². The van der Waals surface area contributed by atoms with Crippen molar-refractivity contribution in [3.05, 3.63) is 65.7 Å². The smallest absolute Gasteiger partial charge is 0.245 e. The van der Waals surface area contributed by atoms with E-state index in [4.69, 9.17) is 4.74 Å². The lowest BCUT2D eigenvalue weighted by atomic mass is 9.83. The fourth-order valence-electron chi connectivity index (χ4n) is 5.84. The van der Waals surface area contributed by atoms with Gasteiger partial charge in [-0.2, -0.15) is 0 Å². The van der Waals surface area contributed by atoms with Crippen LogP contribution in [0.15, 0.2) is 54.6 Å². The van der Waals surface area contributed by atoms with Crippen LogP contribution in [-0.2, 0) is 27.2 Å². The molecular formula is C32H44N4O5. The number of aliphatic hydroxyl groups excluding tert-OH is 1. The Morgan fingerprint density at radius 3 is 2.39 bits per heavy atom. The van der Waals surface area contributed by atoms with Gasteiger partial charge in [0.25, 0.3) is 0 Å². The third-order valence-corrected chi connectivity index (χ3v) is 8.21. The molecule has 9 heteroatoms. The van der Waals surface area contributed by atoms with Gasteiger partial charge in [0.15, 0.2) is 0 Å². The molecule has 1 aliphatic carbocycles. The Labute approximate surface area is 243 Å². The zero-order valence-electron chi connectivity index (χ0n) is 24.0. The highest BCUT2D eigenvalue weighted by Gasteiger charge is 2.36. The van der Waals surface area contributed by atoms with E-state index < -0.39 is 30.6 Å². The number of ether oxygens (including phenoxy) is 1. The summed E-state index contributed by atoms with van der Waals surface area (Å²) >= 11 is 0. The predicted molar refractivity (Wildman–Crippen MR) is 157 cm³/mol. The number of fused-ring (bicyclic) bond motifs is 1. The molecule has 0 bridgehead atoms. The Kier molecular flexibility index (Phi) is 11.6. The highest BCUT2D eigenvalue weighted by atomic mass is 16.5. The fourth-order valence-corrected chi connectivity index (χ4v) is 5.84. The number of likely N-dealkylation sites (N-methyl/N-ethyl adjacent to an activating group) is 1. The second kappa shape index (κ2) is 15.5. The Hall–Kier alpha value is -3.43. The monoisotopic (exact) mass is 564 g/mol. The number of benzene rings is 2. The van der Waals surface area contributed by atoms with Gasteiger partial charge >= 0.3 is 0 Å². The molecular weight excluding hydrogens is 520 g/mol. The molecule has 1 saturated carbocycles. The van der Waals surface area contributed by atoms with Gasteiger partial charge in [-0.25, -0.2) is 0 Å². The minimum absolute atomic E-state index is 0.135. The maximum absolute atomic E-state index is 13.8. The van der Waals surface area contributed by atoms with E-state index in [-0.39, 0.29) is 24.2 Å². The number of para-hydroxylation sites is 1. The van der Waals surface area contributed by atoms with Gasteiger partial charge in [-0.05, 0) is 48.8 Å². The van der Waals surface area contributed by atoms with E-state index in [1.54, 1.807) is 7.05 Å². The molecule has 3 atom stereocenters. The minimum Gasteiger partial charge on any atom is -0.492 e.